The van der Waals surface area contributed by atoms with Gasteiger partial charge in [-0.1, -0.05) is 6.07 Å². The topological polar surface area (TPSA) is 80.3 Å². The zero-order valence-electron chi connectivity index (χ0n) is 17.8. The summed E-state index contributed by atoms with van der Waals surface area (Å²) in [5.41, 5.74) is 2.06. The van der Waals surface area contributed by atoms with Gasteiger partial charge in [-0.15, -0.1) is 0 Å². The normalized spacial score (nSPS) is 18.1. The Labute approximate surface area is 191 Å². The highest BCUT2D eigenvalue weighted by Crippen LogP contribution is 2.30. The molecule has 8 nitrogen and oxygen atoms in total. The van der Waals surface area contributed by atoms with Gasteiger partial charge < -0.3 is 19.1 Å². The SMILES string of the molecule is COc1cccc(N2C(=O)C(=Cc3ccc(N4CCOCC4)cc3OC)C(=O)NC2=S)c1. The molecule has 4 rings (SSSR count). The van der Waals surface area contributed by atoms with E-state index in [4.69, 9.17) is 26.4 Å². The van der Waals surface area contributed by atoms with Gasteiger partial charge >= 0.3 is 0 Å². The number of carbonyl (C=O) groups excluding carboxylic acids is 2. The highest BCUT2D eigenvalue weighted by atomic mass is 32.1. The van der Waals surface area contributed by atoms with Gasteiger partial charge in [0.2, 0.25) is 0 Å². The van der Waals surface area contributed by atoms with Crippen molar-refractivity contribution in [3.63, 3.8) is 0 Å². The van der Waals surface area contributed by atoms with E-state index in [2.05, 4.69) is 10.2 Å². The molecule has 0 bridgehead atoms. The lowest BCUT2D eigenvalue weighted by Gasteiger charge is -2.30. The summed E-state index contributed by atoms with van der Waals surface area (Å²) in [6, 6.07) is 12.6. The lowest BCUT2D eigenvalue weighted by molar-refractivity contribution is -0.122. The largest absolute Gasteiger partial charge is 0.497 e. The minimum Gasteiger partial charge on any atom is -0.497 e. The summed E-state index contributed by atoms with van der Waals surface area (Å²) in [5.74, 6) is 0.0499. The van der Waals surface area contributed by atoms with E-state index in [0.717, 1.165) is 18.8 Å². The number of methoxy groups -OCH3 is 2. The second kappa shape index (κ2) is 9.37. The summed E-state index contributed by atoms with van der Waals surface area (Å²) in [6.45, 7) is 2.92. The first-order valence-electron chi connectivity index (χ1n) is 10.1. The molecule has 2 saturated heterocycles. The number of nitrogens with one attached hydrogen (secondary N) is 1. The van der Waals surface area contributed by atoms with E-state index in [-0.39, 0.29) is 10.7 Å². The van der Waals surface area contributed by atoms with Crippen molar-refractivity contribution in [2.24, 2.45) is 0 Å². The summed E-state index contributed by atoms with van der Waals surface area (Å²) in [7, 11) is 3.09. The minimum atomic E-state index is -0.557. The third-order valence-electron chi connectivity index (χ3n) is 5.31. The Balaban J connectivity index is 1.68. The maximum absolute atomic E-state index is 13.3. The van der Waals surface area contributed by atoms with Crippen molar-refractivity contribution in [1.29, 1.82) is 0 Å². The Morgan fingerprint density at radius 2 is 1.81 bits per heavy atom. The molecule has 0 unspecified atom stereocenters. The molecule has 1 N–H and O–H groups in total. The number of amides is 2. The van der Waals surface area contributed by atoms with Gasteiger partial charge in [-0.25, -0.2) is 0 Å². The monoisotopic (exact) mass is 453 g/mol. The van der Waals surface area contributed by atoms with Crippen LogP contribution in [-0.2, 0) is 14.3 Å². The molecule has 2 fully saturated rings. The van der Waals surface area contributed by atoms with E-state index >= 15 is 0 Å². The van der Waals surface area contributed by atoms with E-state index in [0.29, 0.717) is 36.0 Å². The van der Waals surface area contributed by atoms with E-state index in [9.17, 15) is 9.59 Å². The highest BCUT2D eigenvalue weighted by molar-refractivity contribution is 7.80. The van der Waals surface area contributed by atoms with Crippen LogP contribution in [0, 0.1) is 0 Å². The van der Waals surface area contributed by atoms with Gasteiger partial charge in [0.15, 0.2) is 5.11 Å². The van der Waals surface area contributed by atoms with E-state index < -0.39 is 11.8 Å². The Hall–Kier alpha value is -3.43. The predicted molar refractivity (Wildman–Crippen MR) is 125 cm³/mol. The molecule has 166 valence electrons. The predicted octanol–water partition coefficient (Wildman–Crippen LogP) is 2.37. The average Bonchev–Trinajstić information content (AvgIpc) is 2.82. The molecule has 2 aromatic carbocycles. The Morgan fingerprint density at radius 1 is 1.03 bits per heavy atom. The number of hydrogen-bond acceptors (Lipinski definition) is 7. The third-order valence-corrected chi connectivity index (χ3v) is 5.59. The Bertz CT molecular complexity index is 1090. The van der Waals surface area contributed by atoms with Crippen molar-refractivity contribution in [3.8, 4) is 11.5 Å². The molecule has 2 heterocycles. The lowest BCUT2D eigenvalue weighted by atomic mass is 10.1. The first kappa shape index (κ1) is 21.8. The fourth-order valence-electron chi connectivity index (χ4n) is 3.63. The van der Waals surface area contributed by atoms with Crippen LogP contribution in [0.25, 0.3) is 6.08 Å². The van der Waals surface area contributed by atoms with Crippen molar-refractivity contribution in [2.45, 2.75) is 0 Å². The Kier molecular flexibility index (Phi) is 6.38. The minimum absolute atomic E-state index is 0.0139. The van der Waals surface area contributed by atoms with Crippen molar-refractivity contribution >= 4 is 46.6 Å². The van der Waals surface area contributed by atoms with Crippen molar-refractivity contribution in [3.05, 3.63) is 53.6 Å². The number of ether oxygens (including phenoxy) is 3. The molecular weight excluding hydrogens is 430 g/mol. The van der Waals surface area contributed by atoms with Crippen LogP contribution in [-0.4, -0.2) is 57.4 Å². The van der Waals surface area contributed by atoms with E-state index in [1.165, 1.54) is 18.1 Å². The number of carbonyl (C=O) groups is 2. The highest BCUT2D eigenvalue weighted by Gasteiger charge is 2.34. The third kappa shape index (κ3) is 4.30. The molecule has 0 spiro atoms. The first-order chi connectivity index (χ1) is 15.5. The molecule has 0 saturated carbocycles. The molecule has 2 amide bonds. The average molecular weight is 454 g/mol. The fourth-order valence-corrected chi connectivity index (χ4v) is 3.92. The van der Waals surface area contributed by atoms with Crippen LogP contribution in [0.4, 0.5) is 11.4 Å². The summed E-state index contributed by atoms with van der Waals surface area (Å²) >= 11 is 5.26. The molecule has 2 aliphatic heterocycles. The summed E-state index contributed by atoms with van der Waals surface area (Å²) in [4.78, 5) is 29.4. The molecule has 0 aromatic heterocycles. The van der Waals surface area contributed by atoms with E-state index in [1.807, 2.05) is 18.2 Å². The van der Waals surface area contributed by atoms with Crippen LogP contribution in [0.1, 0.15) is 5.56 Å². The second-order valence-electron chi connectivity index (χ2n) is 7.19. The number of nitrogens with zero attached hydrogens (tertiary/aromatic N) is 2. The van der Waals surface area contributed by atoms with Gasteiger partial charge in [0.1, 0.15) is 17.1 Å². The van der Waals surface area contributed by atoms with Crippen LogP contribution in [0.2, 0.25) is 0 Å². The maximum Gasteiger partial charge on any atom is 0.270 e. The van der Waals surface area contributed by atoms with Gasteiger partial charge in [-0.2, -0.15) is 0 Å². The van der Waals surface area contributed by atoms with Gasteiger partial charge in [0.05, 0.1) is 33.1 Å². The molecule has 0 radical (unpaired) electrons. The maximum atomic E-state index is 13.3. The second-order valence-corrected chi connectivity index (χ2v) is 7.57. The smallest absolute Gasteiger partial charge is 0.270 e. The molecule has 2 aliphatic rings. The van der Waals surface area contributed by atoms with Crippen LogP contribution >= 0.6 is 12.2 Å². The Morgan fingerprint density at radius 3 is 2.53 bits per heavy atom. The molecule has 0 aliphatic carbocycles. The fraction of sp³-hybridized carbons (Fsp3) is 0.261. The quantitative estimate of drug-likeness (QED) is 0.423. The molecule has 9 heteroatoms. The van der Waals surface area contributed by atoms with Gasteiger partial charge in [-0.3, -0.25) is 19.8 Å². The molecular formula is C23H23N3O5S. The van der Waals surface area contributed by atoms with E-state index in [1.54, 1.807) is 31.4 Å². The first-order valence-corrected chi connectivity index (χ1v) is 10.5. The van der Waals surface area contributed by atoms with Crippen molar-refractivity contribution in [1.82, 2.24) is 5.32 Å². The van der Waals surface area contributed by atoms with Crippen LogP contribution in [0.3, 0.4) is 0 Å². The van der Waals surface area contributed by atoms with Crippen LogP contribution < -0.4 is 24.6 Å². The van der Waals surface area contributed by atoms with Gasteiger partial charge in [-0.05, 0) is 42.6 Å². The molecule has 2 aromatic rings. The lowest BCUT2D eigenvalue weighted by Crippen LogP contribution is -2.54. The standard InChI is InChI=1S/C23H23N3O5S/c1-29-18-5-3-4-17(13-18)26-22(28)19(21(27)24-23(26)32)12-15-6-7-16(14-20(15)30-2)25-8-10-31-11-9-25/h3-7,12-14H,8-11H2,1-2H3,(H,24,27,32). The van der Waals surface area contributed by atoms with Crippen LogP contribution in [0.15, 0.2) is 48.0 Å². The number of hydrogen-bond donors (Lipinski definition) is 1. The van der Waals surface area contributed by atoms with Crippen LogP contribution in [0.5, 0.6) is 11.5 Å². The number of thiocarbonyl (C=S) groups is 1. The molecule has 0 atom stereocenters. The van der Waals surface area contributed by atoms with Gasteiger partial charge in [0, 0.05) is 36.5 Å². The zero-order chi connectivity index (χ0) is 22.7. The van der Waals surface area contributed by atoms with Crippen molar-refractivity contribution in [2.75, 3.05) is 50.3 Å². The zero-order valence-corrected chi connectivity index (χ0v) is 18.6. The summed E-state index contributed by atoms with van der Waals surface area (Å²) in [5, 5.41) is 2.61. The number of rotatable bonds is 5. The van der Waals surface area contributed by atoms with Gasteiger partial charge in [0.25, 0.3) is 11.8 Å². The van der Waals surface area contributed by atoms with Crippen molar-refractivity contribution < 1.29 is 23.8 Å². The number of benzene rings is 2. The summed E-state index contributed by atoms with van der Waals surface area (Å²) < 4.78 is 16.2. The number of anilines is 2. The molecule has 32 heavy (non-hydrogen) atoms. The number of morpholine rings is 1. The summed E-state index contributed by atoms with van der Waals surface area (Å²) in [6.07, 6.45) is 1.52.